The van der Waals surface area contributed by atoms with Crippen LogP contribution in [0.2, 0.25) is 0 Å². The molecule has 0 aliphatic carbocycles. The summed E-state index contributed by atoms with van der Waals surface area (Å²) in [5.74, 6) is 0.847. The summed E-state index contributed by atoms with van der Waals surface area (Å²) in [6.45, 7) is 4.43. The van der Waals surface area contributed by atoms with Crippen LogP contribution in [-0.4, -0.2) is 16.7 Å². The van der Waals surface area contributed by atoms with Gasteiger partial charge in [0.1, 0.15) is 11.3 Å². The second kappa shape index (κ2) is 5.57. The van der Waals surface area contributed by atoms with Gasteiger partial charge in [0.2, 0.25) is 0 Å². The summed E-state index contributed by atoms with van der Waals surface area (Å²) in [7, 11) is 1.68. The second-order valence-corrected chi connectivity index (χ2v) is 5.03. The van der Waals surface area contributed by atoms with Crippen LogP contribution in [0.5, 0.6) is 5.75 Å². The highest BCUT2D eigenvalue weighted by Crippen LogP contribution is 2.28. The zero-order valence-electron chi connectivity index (χ0n) is 11.2. The van der Waals surface area contributed by atoms with Gasteiger partial charge in [0.25, 0.3) is 0 Å². The molecule has 3 nitrogen and oxygen atoms in total. The Kier molecular flexibility index (Phi) is 4.07. The normalized spacial score (nSPS) is 12.8. The van der Waals surface area contributed by atoms with Gasteiger partial charge in [-0.25, -0.2) is 0 Å². The van der Waals surface area contributed by atoms with Gasteiger partial charge in [-0.2, -0.15) is 0 Å². The van der Waals surface area contributed by atoms with Crippen molar-refractivity contribution in [1.82, 2.24) is 9.55 Å². The molecule has 0 spiro atoms. The zero-order valence-corrected chi connectivity index (χ0v) is 12.0. The molecule has 0 aliphatic rings. The Balaban J connectivity index is 2.51. The van der Waals surface area contributed by atoms with Gasteiger partial charge in [-0.05, 0) is 37.7 Å². The summed E-state index contributed by atoms with van der Waals surface area (Å²) >= 11 is 5.44. The fourth-order valence-electron chi connectivity index (χ4n) is 2.36. The first-order chi connectivity index (χ1) is 8.69. The summed E-state index contributed by atoms with van der Waals surface area (Å²) < 4.78 is 8.34. The standard InChI is InChI=1S/C14H20N2OS/c1-4-5-7-10(2)16-11-8-6-9-12(17-3)13(11)15-14(16)18/h6,8-10H,4-5,7H2,1-3H3,(H,15,18). The maximum absolute atomic E-state index is 5.44. The highest BCUT2D eigenvalue weighted by atomic mass is 32.1. The first kappa shape index (κ1) is 13.1. The lowest BCUT2D eigenvalue weighted by Gasteiger charge is -2.14. The van der Waals surface area contributed by atoms with E-state index >= 15 is 0 Å². The maximum Gasteiger partial charge on any atom is 0.178 e. The van der Waals surface area contributed by atoms with Crippen molar-refractivity contribution in [3.8, 4) is 5.75 Å². The Morgan fingerprint density at radius 1 is 1.44 bits per heavy atom. The van der Waals surface area contributed by atoms with Gasteiger partial charge in [-0.1, -0.05) is 25.8 Å². The quantitative estimate of drug-likeness (QED) is 0.808. The van der Waals surface area contributed by atoms with Crippen molar-refractivity contribution in [2.24, 2.45) is 0 Å². The first-order valence-corrected chi connectivity index (χ1v) is 6.87. The SMILES string of the molecule is CCCCC(C)n1c(=S)[nH]c2c(OC)cccc21. The average Bonchev–Trinajstić information content (AvgIpc) is 2.71. The molecule has 1 aromatic carbocycles. The number of para-hydroxylation sites is 1. The van der Waals surface area contributed by atoms with Gasteiger partial charge in [-0.3, -0.25) is 0 Å². The van der Waals surface area contributed by atoms with Gasteiger partial charge in [0, 0.05) is 6.04 Å². The fraction of sp³-hybridized carbons (Fsp3) is 0.500. The molecule has 1 N–H and O–H groups in total. The Morgan fingerprint density at radius 3 is 2.89 bits per heavy atom. The first-order valence-electron chi connectivity index (χ1n) is 6.46. The summed E-state index contributed by atoms with van der Waals surface area (Å²) in [5, 5.41) is 0. The number of imidazole rings is 1. The van der Waals surface area contributed by atoms with Crippen molar-refractivity contribution in [2.45, 2.75) is 39.2 Å². The smallest absolute Gasteiger partial charge is 0.178 e. The van der Waals surface area contributed by atoms with Crippen molar-refractivity contribution < 1.29 is 4.74 Å². The lowest BCUT2D eigenvalue weighted by atomic mass is 10.1. The van der Waals surface area contributed by atoms with Crippen LogP contribution >= 0.6 is 12.2 Å². The third-order valence-electron chi connectivity index (χ3n) is 3.35. The lowest BCUT2D eigenvalue weighted by molar-refractivity contribution is 0.419. The highest BCUT2D eigenvalue weighted by molar-refractivity contribution is 7.71. The molecule has 0 saturated heterocycles. The Bertz CT molecular complexity index is 585. The Morgan fingerprint density at radius 2 is 2.22 bits per heavy atom. The molecule has 0 amide bonds. The molecule has 1 atom stereocenters. The molecule has 0 fully saturated rings. The molecular weight excluding hydrogens is 244 g/mol. The zero-order chi connectivity index (χ0) is 13.1. The number of hydrogen-bond acceptors (Lipinski definition) is 2. The van der Waals surface area contributed by atoms with E-state index in [2.05, 4.69) is 29.5 Å². The number of H-pyrrole nitrogens is 1. The maximum atomic E-state index is 5.44. The van der Waals surface area contributed by atoms with E-state index < -0.39 is 0 Å². The molecule has 1 heterocycles. The van der Waals surface area contributed by atoms with E-state index in [9.17, 15) is 0 Å². The van der Waals surface area contributed by atoms with Crippen LogP contribution in [0.15, 0.2) is 18.2 Å². The molecule has 98 valence electrons. The number of rotatable bonds is 5. The minimum absolute atomic E-state index is 0.415. The molecule has 1 unspecified atom stereocenters. The molecule has 0 radical (unpaired) electrons. The fourth-order valence-corrected chi connectivity index (χ4v) is 2.74. The molecule has 1 aromatic heterocycles. The van der Waals surface area contributed by atoms with Crippen LogP contribution in [0.25, 0.3) is 11.0 Å². The van der Waals surface area contributed by atoms with Crippen molar-refractivity contribution in [1.29, 1.82) is 0 Å². The average molecular weight is 264 g/mol. The number of fused-ring (bicyclic) bond motifs is 1. The van der Waals surface area contributed by atoms with Crippen molar-refractivity contribution >= 4 is 23.3 Å². The Hall–Kier alpha value is -1.29. The molecule has 0 saturated carbocycles. The van der Waals surface area contributed by atoms with E-state index in [1.54, 1.807) is 7.11 Å². The minimum atomic E-state index is 0.415. The van der Waals surface area contributed by atoms with Crippen LogP contribution in [0, 0.1) is 4.77 Å². The molecular formula is C14H20N2OS. The number of hydrogen-bond donors (Lipinski definition) is 1. The number of ether oxygens (including phenoxy) is 1. The predicted octanol–water partition coefficient (Wildman–Crippen LogP) is 4.46. The van der Waals surface area contributed by atoms with Gasteiger partial charge in [0.15, 0.2) is 4.77 Å². The summed E-state index contributed by atoms with van der Waals surface area (Å²) in [6.07, 6.45) is 3.58. The van der Waals surface area contributed by atoms with Crippen LogP contribution < -0.4 is 4.74 Å². The number of unbranched alkanes of at least 4 members (excludes halogenated alkanes) is 1. The monoisotopic (exact) mass is 264 g/mol. The van der Waals surface area contributed by atoms with Crippen molar-refractivity contribution in [3.05, 3.63) is 23.0 Å². The summed E-state index contributed by atoms with van der Waals surface area (Å²) in [4.78, 5) is 3.26. The summed E-state index contributed by atoms with van der Waals surface area (Å²) in [6, 6.07) is 6.46. The van der Waals surface area contributed by atoms with Crippen LogP contribution in [-0.2, 0) is 0 Å². The molecule has 0 bridgehead atoms. The molecule has 4 heteroatoms. The van der Waals surface area contributed by atoms with E-state index in [1.807, 2.05) is 12.1 Å². The lowest BCUT2D eigenvalue weighted by Crippen LogP contribution is -2.04. The molecule has 2 rings (SSSR count). The van der Waals surface area contributed by atoms with E-state index in [-0.39, 0.29) is 0 Å². The van der Waals surface area contributed by atoms with E-state index in [4.69, 9.17) is 17.0 Å². The number of aromatic nitrogens is 2. The predicted molar refractivity (Wildman–Crippen MR) is 77.9 cm³/mol. The number of nitrogens with zero attached hydrogens (tertiary/aromatic N) is 1. The van der Waals surface area contributed by atoms with E-state index in [0.29, 0.717) is 6.04 Å². The largest absolute Gasteiger partial charge is 0.494 e. The van der Waals surface area contributed by atoms with Gasteiger partial charge in [0.05, 0.1) is 12.6 Å². The Labute approximate surface area is 113 Å². The second-order valence-electron chi connectivity index (χ2n) is 4.65. The van der Waals surface area contributed by atoms with E-state index in [1.165, 1.54) is 12.8 Å². The van der Waals surface area contributed by atoms with Gasteiger partial charge < -0.3 is 14.3 Å². The third kappa shape index (κ3) is 2.29. The van der Waals surface area contributed by atoms with Crippen LogP contribution in [0.3, 0.4) is 0 Å². The molecule has 2 aromatic rings. The van der Waals surface area contributed by atoms with Gasteiger partial charge >= 0.3 is 0 Å². The number of benzene rings is 1. The number of aromatic amines is 1. The number of nitrogens with one attached hydrogen (secondary N) is 1. The van der Waals surface area contributed by atoms with Crippen LogP contribution in [0.4, 0.5) is 0 Å². The summed E-state index contributed by atoms with van der Waals surface area (Å²) in [5.41, 5.74) is 2.12. The number of methoxy groups -OCH3 is 1. The molecule has 18 heavy (non-hydrogen) atoms. The highest BCUT2D eigenvalue weighted by Gasteiger charge is 2.13. The van der Waals surface area contributed by atoms with E-state index in [0.717, 1.165) is 28.0 Å². The van der Waals surface area contributed by atoms with Crippen LogP contribution in [0.1, 0.15) is 39.2 Å². The third-order valence-corrected chi connectivity index (χ3v) is 3.65. The van der Waals surface area contributed by atoms with Gasteiger partial charge in [-0.15, -0.1) is 0 Å². The van der Waals surface area contributed by atoms with Crippen molar-refractivity contribution in [2.75, 3.05) is 7.11 Å². The van der Waals surface area contributed by atoms with Crippen molar-refractivity contribution in [3.63, 3.8) is 0 Å². The topological polar surface area (TPSA) is 29.9 Å². The molecule has 0 aliphatic heterocycles. The minimum Gasteiger partial charge on any atom is -0.494 e.